The van der Waals surface area contributed by atoms with Gasteiger partial charge in [-0.3, -0.25) is 4.90 Å². The first kappa shape index (κ1) is 17.0. The highest BCUT2D eigenvalue weighted by molar-refractivity contribution is 5.80. The van der Waals surface area contributed by atoms with Gasteiger partial charge in [-0.2, -0.15) is 0 Å². The Morgan fingerprint density at radius 2 is 1.81 bits per heavy atom. The summed E-state index contributed by atoms with van der Waals surface area (Å²) in [4.78, 5) is 24.9. The molecule has 0 spiro atoms. The molecule has 0 unspecified atom stereocenters. The van der Waals surface area contributed by atoms with E-state index in [9.17, 15) is 14.7 Å². The van der Waals surface area contributed by atoms with Crippen molar-refractivity contribution in [2.24, 2.45) is 0 Å². The van der Waals surface area contributed by atoms with Crippen LogP contribution >= 0.6 is 0 Å². The molecule has 1 amide bonds. The predicted octanol–water partition coefficient (Wildman–Crippen LogP) is 2.94. The Morgan fingerprint density at radius 1 is 1.24 bits per heavy atom. The van der Waals surface area contributed by atoms with Crippen LogP contribution in [0.2, 0.25) is 0 Å². The minimum Gasteiger partial charge on any atom is -0.480 e. The van der Waals surface area contributed by atoms with E-state index in [0.29, 0.717) is 0 Å². The van der Waals surface area contributed by atoms with Crippen molar-refractivity contribution in [3.05, 3.63) is 35.9 Å². The number of amides is 1. The van der Waals surface area contributed by atoms with Gasteiger partial charge in [-0.25, -0.2) is 9.59 Å². The van der Waals surface area contributed by atoms with E-state index in [4.69, 9.17) is 4.74 Å². The molecule has 1 aromatic rings. The Kier molecular flexibility index (Phi) is 5.76. The summed E-state index contributed by atoms with van der Waals surface area (Å²) in [5, 5.41) is 9.43. The summed E-state index contributed by atoms with van der Waals surface area (Å²) in [6, 6.07) is 8.31. The molecule has 1 rings (SSSR count). The Balaban J connectivity index is 2.91. The third kappa shape index (κ3) is 5.45. The van der Waals surface area contributed by atoms with Crippen LogP contribution in [0.1, 0.15) is 33.3 Å². The highest BCUT2D eigenvalue weighted by Crippen LogP contribution is 2.15. The van der Waals surface area contributed by atoms with Crippen molar-refractivity contribution in [3.63, 3.8) is 0 Å². The number of carboxylic acids is 1. The van der Waals surface area contributed by atoms with Crippen molar-refractivity contribution in [2.45, 2.75) is 45.8 Å². The van der Waals surface area contributed by atoms with Crippen molar-refractivity contribution in [2.75, 3.05) is 6.54 Å². The number of likely N-dealkylation sites (N-methyl/N-ethyl adjacent to an activating group) is 1. The van der Waals surface area contributed by atoms with Crippen molar-refractivity contribution in [1.29, 1.82) is 0 Å². The summed E-state index contributed by atoms with van der Waals surface area (Å²) in [6.07, 6.45) is -0.350. The molecule has 1 atom stereocenters. The lowest BCUT2D eigenvalue weighted by Gasteiger charge is -2.30. The van der Waals surface area contributed by atoms with E-state index in [2.05, 4.69) is 0 Å². The third-order valence-corrected chi connectivity index (χ3v) is 2.90. The highest BCUT2D eigenvalue weighted by atomic mass is 16.6. The lowest BCUT2D eigenvalue weighted by molar-refractivity contribution is -0.143. The van der Waals surface area contributed by atoms with E-state index in [1.54, 1.807) is 27.7 Å². The number of carbonyl (C=O) groups is 2. The fourth-order valence-corrected chi connectivity index (χ4v) is 1.97. The quantitative estimate of drug-likeness (QED) is 0.906. The van der Waals surface area contributed by atoms with Gasteiger partial charge in [0.1, 0.15) is 11.6 Å². The van der Waals surface area contributed by atoms with Gasteiger partial charge in [0.15, 0.2) is 0 Å². The minimum absolute atomic E-state index is 0.253. The molecule has 21 heavy (non-hydrogen) atoms. The molecule has 0 saturated carbocycles. The molecule has 116 valence electrons. The average molecular weight is 293 g/mol. The molecular weight excluding hydrogens is 270 g/mol. The summed E-state index contributed by atoms with van der Waals surface area (Å²) >= 11 is 0. The van der Waals surface area contributed by atoms with Gasteiger partial charge in [0.25, 0.3) is 0 Å². The summed E-state index contributed by atoms with van der Waals surface area (Å²) in [5.41, 5.74) is 0.215. The topological polar surface area (TPSA) is 66.8 Å². The summed E-state index contributed by atoms with van der Waals surface area (Å²) < 4.78 is 5.28. The van der Waals surface area contributed by atoms with Crippen molar-refractivity contribution in [1.82, 2.24) is 4.90 Å². The normalized spacial score (nSPS) is 12.6. The molecule has 1 N–H and O–H groups in total. The van der Waals surface area contributed by atoms with Gasteiger partial charge >= 0.3 is 12.1 Å². The van der Waals surface area contributed by atoms with Crippen LogP contribution in [0, 0.1) is 0 Å². The number of rotatable bonds is 5. The fraction of sp³-hybridized carbons (Fsp3) is 0.500. The van der Waals surface area contributed by atoms with Crippen LogP contribution in [0.3, 0.4) is 0 Å². The van der Waals surface area contributed by atoms with Gasteiger partial charge in [-0.05, 0) is 33.3 Å². The van der Waals surface area contributed by atoms with Crippen LogP contribution in [-0.4, -0.2) is 40.3 Å². The van der Waals surface area contributed by atoms with Gasteiger partial charge in [0.2, 0.25) is 0 Å². The molecule has 1 aromatic carbocycles. The number of hydrogen-bond donors (Lipinski definition) is 1. The highest BCUT2D eigenvalue weighted by Gasteiger charge is 2.31. The largest absolute Gasteiger partial charge is 0.480 e. The van der Waals surface area contributed by atoms with E-state index in [-0.39, 0.29) is 13.0 Å². The van der Waals surface area contributed by atoms with Crippen LogP contribution in [0.15, 0.2) is 30.3 Å². The number of aliphatic carboxylic acids is 1. The molecule has 0 fully saturated rings. The Morgan fingerprint density at radius 3 is 2.24 bits per heavy atom. The first-order valence-electron chi connectivity index (χ1n) is 7.01. The Bertz CT molecular complexity index is 479. The average Bonchev–Trinajstić information content (AvgIpc) is 2.37. The maximum atomic E-state index is 12.2. The lowest BCUT2D eigenvalue weighted by Crippen LogP contribution is -2.48. The smallest absolute Gasteiger partial charge is 0.411 e. The molecule has 0 heterocycles. The number of carboxylic acid groups (broad SMARTS) is 1. The van der Waals surface area contributed by atoms with Gasteiger partial charge < -0.3 is 9.84 Å². The molecule has 0 radical (unpaired) electrons. The summed E-state index contributed by atoms with van der Waals surface area (Å²) in [5.74, 6) is -1.04. The number of ether oxygens (including phenoxy) is 1. The van der Waals surface area contributed by atoms with Crippen LogP contribution in [-0.2, 0) is 16.0 Å². The van der Waals surface area contributed by atoms with Crippen LogP contribution in [0.4, 0.5) is 4.79 Å². The predicted molar refractivity (Wildman–Crippen MR) is 80.2 cm³/mol. The maximum Gasteiger partial charge on any atom is 0.411 e. The molecule has 5 heteroatoms. The number of hydrogen-bond acceptors (Lipinski definition) is 3. The van der Waals surface area contributed by atoms with E-state index in [0.717, 1.165) is 5.56 Å². The second kappa shape index (κ2) is 7.11. The molecule has 5 nitrogen and oxygen atoms in total. The molecule has 0 aliphatic rings. The molecular formula is C16H23NO4. The molecule has 0 aliphatic heterocycles. The van der Waals surface area contributed by atoms with Gasteiger partial charge in [0.05, 0.1) is 0 Å². The van der Waals surface area contributed by atoms with Gasteiger partial charge in [0, 0.05) is 13.0 Å². The fourth-order valence-electron chi connectivity index (χ4n) is 1.97. The zero-order valence-corrected chi connectivity index (χ0v) is 13.0. The first-order chi connectivity index (χ1) is 9.74. The zero-order chi connectivity index (χ0) is 16.0. The molecule has 0 bridgehead atoms. The van der Waals surface area contributed by atoms with E-state index < -0.39 is 23.7 Å². The maximum absolute atomic E-state index is 12.2. The number of nitrogens with zero attached hydrogens (tertiary/aromatic N) is 1. The van der Waals surface area contributed by atoms with Crippen LogP contribution < -0.4 is 0 Å². The summed E-state index contributed by atoms with van der Waals surface area (Å²) in [7, 11) is 0. The third-order valence-electron chi connectivity index (χ3n) is 2.90. The standard InChI is InChI=1S/C16H23NO4/c1-5-17(15(20)21-16(2,3)4)13(14(18)19)11-12-9-7-6-8-10-12/h6-10,13H,5,11H2,1-4H3,(H,18,19)/t13-/m0/s1. The number of carbonyl (C=O) groups excluding carboxylic acids is 1. The van der Waals surface area contributed by atoms with Crippen molar-refractivity contribution >= 4 is 12.1 Å². The number of benzene rings is 1. The van der Waals surface area contributed by atoms with E-state index >= 15 is 0 Å². The minimum atomic E-state index is -1.04. The molecule has 0 aromatic heterocycles. The van der Waals surface area contributed by atoms with Crippen LogP contribution in [0.25, 0.3) is 0 Å². The van der Waals surface area contributed by atoms with Crippen LogP contribution in [0.5, 0.6) is 0 Å². The summed E-state index contributed by atoms with van der Waals surface area (Å²) in [6.45, 7) is 7.28. The lowest BCUT2D eigenvalue weighted by atomic mass is 10.0. The SMILES string of the molecule is CCN(C(=O)OC(C)(C)C)[C@@H](Cc1ccccc1)C(=O)O. The van der Waals surface area contributed by atoms with Gasteiger partial charge in [-0.1, -0.05) is 30.3 Å². The second-order valence-corrected chi connectivity index (χ2v) is 5.81. The molecule has 0 saturated heterocycles. The van der Waals surface area contributed by atoms with E-state index in [1.165, 1.54) is 4.90 Å². The van der Waals surface area contributed by atoms with Crippen molar-refractivity contribution < 1.29 is 19.4 Å². The zero-order valence-electron chi connectivity index (χ0n) is 13.0. The molecule has 0 aliphatic carbocycles. The monoisotopic (exact) mass is 293 g/mol. The Labute approximate surface area is 125 Å². The van der Waals surface area contributed by atoms with E-state index in [1.807, 2.05) is 30.3 Å². The first-order valence-corrected chi connectivity index (χ1v) is 7.01. The second-order valence-electron chi connectivity index (χ2n) is 5.81. The van der Waals surface area contributed by atoms with Crippen molar-refractivity contribution in [3.8, 4) is 0 Å². The Hall–Kier alpha value is -2.04. The van der Waals surface area contributed by atoms with Gasteiger partial charge in [-0.15, -0.1) is 0 Å².